The van der Waals surface area contributed by atoms with E-state index in [9.17, 15) is 4.79 Å². The van der Waals surface area contributed by atoms with Gasteiger partial charge in [-0.2, -0.15) is 4.98 Å². The first-order valence-electron chi connectivity index (χ1n) is 12.3. The second-order valence-electron chi connectivity index (χ2n) is 10.3. The van der Waals surface area contributed by atoms with Gasteiger partial charge in [-0.3, -0.25) is 4.79 Å². The summed E-state index contributed by atoms with van der Waals surface area (Å²) in [6, 6.07) is 27.7. The van der Waals surface area contributed by atoms with Crippen LogP contribution in [-0.2, 0) is 11.4 Å². The van der Waals surface area contributed by atoms with Crippen molar-refractivity contribution in [3.05, 3.63) is 107 Å². The highest BCUT2D eigenvalue weighted by molar-refractivity contribution is 6.00. The summed E-state index contributed by atoms with van der Waals surface area (Å²) in [5.74, 6) is 2.24. The number of rotatable bonds is 5. The molecule has 1 aliphatic heterocycles. The molecule has 36 heavy (non-hydrogen) atoms. The maximum Gasteiger partial charge on any atom is 0.226 e. The molecule has 0 amide bonds. The van der Waals surface area contributed by atoms with E-state index in [0.717, 1.165) is 40.1 Å². The molecule has 0 saturated heterocycles. The molecule has 2 heterocycles. The van der Waals surface area contributed by atoms with Crippen LogP contribution in [0.5, 0.6) is 5.75 Å². The number of Topliss-reactive ketones (excluding diaryl/α,β-unsaturated/α-hetero) is 1. The number of nitrogens with zero attached hydrogens (tertiary/aromatic N) is 3. The van der Waals surface area contributed by atoms with E-state index in [1.807, 2.05) is 89.6 Å². The predicted molar refractivity (Wildman–Crippen MR) is 139 cm³/mol. The third-order valence-electron chi connectivity index (χ3n) is 6.81. The zero-order valence-electron chi connectivity index (χ0n) is 20.4. The number of aromatic nitrogens is 3. The smallest absolute Gasteiger partial charge is 0.226 e. The van der Waals surface area contributed by atoms with Crippen LogP contribution in [0.3, 0.4) is 0 Å². The van der Waals surface area contributed by atoms with Crippen molar-refractivity contribution in [2.75, 3.05) is 5.32 Å². The summed E-state index contributed by atoms with van der Waals surface area (Å²) in [6.07, 6.45) is 1.30. The average molecular weight is 477 g/mol. The molecule has 4 aromatic rings. The first-order valence-corrected chi connectivity index (χ1v) is 12.3. The highest BCUT2D eigenvalue weighted by atomic mass is 16.5. The van der Waals surface area contributed by atoms with Crippen LogP contribution in [0.25, 0.3) is 11.4 Å². The molecule has 0 spiro atoms. The number of nitrogens with one attached hydrogen (secondary N) is 1. The molecule has 6 rings (SSSR count). The number of carbonyl (C=O) groups excluding carboxylic acids is 1. The molecule has 6 heteroatoms. The number of allylic oxidation sites excluding steroid dienone is 2. The molecule has 180 valence electrons. The van der Waals surface area contributed by atoms with E-state index in [4.69, 9.17) is 14.8 Å². The molecule has 1 aromatic heterocycles. The van der Waals surface area contributed by atoms with E-state index in [-0.39, 0.29) is 17.2 Å². The molecule has 0 radical (unpaired) electrons. The van der Waals surface area contributed by atoms with E-state index in [1.165, 1.54) is 0 Å². The Morgan fingerprint density at radius 3 is 2.36 bits per heavy atom. The zero-order valence-corrected chi connectivity index (χ0v) is 20.4. The third-order valence-corrected chi connectivity index (χ3v) is 6.81. The normalized spacial score (nSPS) is 18.3. The number of hydrogen-bond acceptors (Lipinski definition) is 5. The SMILES string of the molecule is CC1(C)CC(=O)C2=C(C1)Nc1nc(-c3ccccc3)nn1C2c1ccc(OCc2ccccc2)cc1. The first-order chi connectivity index (χ1) is 17.5. The Bertz CT molecular complexity index is 1440. The second-order valence-corrected chi connectivity index (χ2v) is 10.3. The molecule has 1 atom stereocenters. The van der Waals surface area contributed by atoms with Crippen molar-refractivity contribution >= 4 is 11.7 Å². The number of fused-ring (bicyclic) bond motifs is 1. The van der Waals surface area contributed by atoms with Crippen LogP contribution in [0, 0.1) is 5.41 Å². The summed E-state index contributed by atoms with van der Waals surface area (Å²) in [5.41, 5.74) is 4.66. The van der Waals surface area contributed by atoms with Gasteiger partial charge in [0.15, 0.2) is 11.6 Å². The molecular formula is C30H28N4O2. The first kappa shape index (κ1) is 22.3. The number of ether oxygens (including phenoxy) is 1. The summed E-state index contributed by atoms with van der Waals surface area (Å²) < 4.78 is 7.85. The van der Waals surface area contributed by atoms with Crippen LogP contribution in [0.15, 0.2) is 96.2 Å². The minimum atomic E-state index is -0.340. The van der Waals surface area contributed by atoms with Gasteiger partial charge in [0.1, 0.15) is 18.4 Å². The standard InChI is InChI=1S/C30H28N4O2/c1-30(2)17-24-26(25(35)18-30)27(34-29(31-24)32-28(33-34)22-11-7-4-8-12-22)21-13-15-23(16-14-21)36-19-20-9-5-3-6-10-20/h3-16,27H,17-19H2,1-2H3,(H,31,32,33). The zero-order chi connectivity index (χ0) is 24.7. The van der Waals surface area contributed by atoms with Crippen molar-refractivity contribution in [3.63, 3.8) is 0 Å². The largest absolute Gasteiger partial charge is 0.489 e. The summed E-state index contributed by atoms with van der Waals surface area (Å²) in [7, 11) is 0. The highest BCUT2D eigenvalue weighted by Crippen LogP contribution is 2.45. The Balaban J connectivity index is 1.37. The van der Waals surface area contributed by atoms with Gasteiger partial charge in [0, 0.05) is 23.3 Å². The molecule has 1 unspecified atom stereocenters. The minimum Gasteiger partial charge on any atom is -0.489 e. The van der Waals surface area contributed by atoms with Crippen molar-refractivity contribution < 1.29 is 9.53 Å². The van der Waals surface area contributed by atoms with Gasteiger partial charge in [0.2, 0.25) is 5.95 Å². The Kier molecular flexibility index (Phi) is 5.44. The van der Waals surface area contributed by atoms with Gasteiger partial charge in [0.05, 0.1) is 0 Å². The lowest BCUT2D eigenvalue weighted by molar-refractivity contribution is -0.118. The topological polar surface area (TPSA) is 69.0 Å². The Hall–Kier alpha value is -4.19. The average Bonchev–Trinajstić information content (AvgIpc) is 3.31. The summed E-state index contributed by atoms with van der Waals surface area (Å²) >= 11 is 0. The molecule has 0 saturated carbocycles. The molecule has 3 aromatic carbocycles. The summed E-state index contributed by atoms with van der Waals surface area (Å²) in [4.78, 5) is 18.3. The van der Waals surface area contributed by atoms with Crippen LogP contribution in [0.4, 0.5) is 5.95 Å². The van der Waals surface area contributed by atoms with Crippen LogP contribution in [0.1, 0.15) is 43.9 Å². The fourth-order valence-corrected chi connectivity index (χ4v) is 5.11. The van der Waals surface area contributed by atoms with E-state index in [1.54, 1.807) is 0 Å². The van der Waals surface area contributed by atoms with E-state index >= 15 is 0 Å². The van der Waals surface area contributed by atoms with E-state index < -0.39 is 0 Å². The van der Waals surface area contributed by atoms with Crippen molar-refractivity contribution in [1.82, 2.24) is 14.8 Å². The minimum absolute atomic E-state index is 0.104. The highest BCUT2D eigenvalue weighted by Gasteiger charge is 2.41. The second kappa shape index (κ2) is 8.79. The molecule has 2 aliphatic rings. The van der Waals surface area contributed by atoms with Crippen molar-refractivity contribution in [2.24, 2.45) is 5.41 Å². The van der Waals surface area contributed by atoms with Crippen LogP contribution in [-0.4, -0.2) is 20.5 Å². The lowest BCUT2D eigenvalue weighted by Gasteiger charge is -2.38. The summed E-state index contributed by atoms with van der Waals surface area (Å²) in [5, 5.41) is 8.31. The van der Waals surface area contributed by atoms with Crippen LogP contribution >= 0.6 is 0 Å². The monoisotopic (exact) mass is 476 g/mol. The Morgan fingerprint density at radius 2 is 1.64 bits per heavy atom. The third kappa shape index (κ3) is 4.19. The van der Waals surface area contributed by atoms with Crippen molar-refractivity contribution in [3.8, 4) is 17.1 Å². The number of hydrogen-bond donors (Lipinski definition) is 1. The fraction of sp³-hybridized carbons (Fsp3) is 0.233. The molecule has 0 fully saturated rings. The fourth-order valence-electron chi connectivity index (χ4n) is 5.11. The quantitative estimate of drug-likeness (QED) is 0.372. The maximum absolute atomic E-state index is 13.5. The Morgan fingerprint density at radius 1 is 0.944 bits per heavy atom. The van der Waals surface area contributed by atoms with Gasteiger partial charge in [-0.05, 0) is 35.1 Å². The van der Waals surface area contributed by atoms with Crippen LogP contribution in [0.2, 0.25) is 0 Å². The van der Waals surface area contributed by atoms with Crippen LogP contribution < -0.4 is 10.1 Å². The lowest BCUT2D eigenvalue weighted by Crippen LogP contribution is -2.36. The molecular weight excluding hydrogens is 448 g/mol. The predicted octanol–water partition coefficient (Wildman–Crippen LogP) is 6.18. The van der Waals surface area contributed by atoms with Gasteiger partial charge in [-0.15, -0.1) is 5.10 Å². The Labute approximate surface area is 210 Å². The number of carbonyl (C=O) groups is 1. The van der Waals surface area contributed by atoms with Gasteiger partial charge in [-0.1, -0.05) is 86.6 Å². The van der Waals surface area contributed by atoms with Gasteiger partial charge in [-0.25, -0.2) is 4.68 Å². The van der Waals surface area contributed by atoms with Gasteiger partial charge >= 0.3 is 0 Å². The molecule has 1 N–H and O–H groups in total. The van der Waals surface area contributed by atoms with Gasteiger partial charge in [0.25, 0.3) is 0 Å². The lowest BCUT2D eigenvalue weighted by atomic mass is 9.73. The molecule has 1 aliphatic carbocycles. The molecule has 0 bridgehead atoms. The van der Waals surface area contributed by atoms with Crippen molar-refractivity contribution in [2.45, 2.75) is 39.3 Å². The number of benzene rings is 3. The maximum atomic E-state index is 13.5. The summed E-state index contributed by atoms with van der Waals surface area (Å²) in [6.45, 7) is 4.78. The number of anilines is 1. The number of ketones is 1. The van der Waals surface area contributed by atoms with Gasteiger partial charge < -0.3 is 10.1 Å². The molecule has 6 nitrogen and oxygen atoms in total. The van der Waals surface area contributed by atoms with Crippen molar-refractivity contribution in [1.29, 1.82) is 0 Å². The van der Waals surface area contributed by atoms with E-state index in [2.05, 4.69) is 19.2 Å². The van der Waals surface area contributed by atoms with E-state index in [0.29, 0.717) is 24.8 Å².